The number of benzene rings is 2. The molecule has 5 nitrogen and oxygen atoms in total. The third kappa shape index (κ3) is 3.12. The maximum Gasteiger partial charge on any atom is 0.262 e. The maximum absolute atomic E-state index is 12.8. The molecule has 0 aliphatic heterocycles. The van der Waals surface area contributed by atoms with E-state index in [-0.39, 0.29) is 4.90 Å². The van der Waals surface area contributed by atoms with E-state index < -0.39 is 10.0 Å². The molecule has 3 rings (SSSR count). The molecule has 0 radical (unpaired) electrons. The summed E-state index contributed by atoms with van der Waals surface area (Å²) in [6.07, 6.45) is 3.22. The fourth-order valence-electron chi connectivity index (χ4n) is 2.36. The lowest BCUT2D eigenvalue weighted by Gasteiger charge is -2.13. The summed E-state index contributed by atoms with van der Waals surface area (Å²) in [5.74, 6) is 0.500. The first-order valence-electron chi connectivity index (χ1n) is 7.19. The molecule has 0 amide bonds. The molecule has 2 aromatic carbocycles. The lowest BCUT2D eigenvalue weighted by Crippen LogP contribution is -2.14. The summed E-state index contributed by atoms with van der Waals surface area (Å²) in [6, 6.07) is 13.8. The zero-order valence-corrected chi connectivity index (χ0v) is 13.4. The molecule has 1 heterocycles. The molecular weight excluding hydrogens is 312 g/mol. The molecule has 0 unspecified atom stereocenters. The molecule has 0 aliphatic carbocycles. The predicted octanol–water partition coefficient (Wildman–Crippen LogP) is 3.43. The fraction of sp³-hybridized carbons (Fsp3) is 0.118. The standard InChI is InChI=1S/C17H16N2O3S/c1-2-22-16-8-4-3-7-15(16)19-23(20,21)17-9-5-6-13-12-18-11-10-14(13)17/h3-12,19H,2H2,1H3. The van der Waals surface area contributed by atoms with Gasteiger partial charge in [0, 0.05) is 23.2 Å². The molecule has 6 heteroatoms. The van der Waals surface area contributed by atoms with E-state index in [0.29, 0.717) is 23.4 Å². The van der Waals surface area contributed by atoms with Crippen LogP contribution >= 0.6 is 0 Å². The number of nitrogens with zero attached hydrogens (tertiary/aromatic N) is 1. The van der Waals surface area contributed by atoms with Crippen molar-refractivity contribution in [1.29, 1.82) is 0 Å². The number of pyridine rings is 1. The van der Waals surface area contributed by atoms with Gasteiger partial charge in [0.1, 0.15) is 5.75 Å². The van der Waals surface area contributed by atoms with E-state index in [2.05, 4.69) is 9.71 Å². The van der Waals surface area contributed by atoms with Crippen molar-refractivity contribution in [3.63, 3.8) is 0 Å². The van der Waals surface area contributed by atoms with Crippen molar-refractivity contribution < 1.29 is 13.2 Å². The van der Waals surface area contributed by atoms with Gasteiger partial charge in [-0.1, -0.05) is 24.3 Å². The number of aromatic nitrogens is 1. The molecule has 0 spiro atoms. The van der Waals surface area contributed by atoms with E-state index in [0.717, 1.165) is 5.39 Å². The molecule has 3 aromatic rings. The van der Waals surface area contributed by atoms with Crippen LogP contribution in [-0.2, 0) is 10.0 Å². The Labute approximate surface area is 135 Å². The molecule has 0 bridgehead atoms. The van der Waals surface area contributed by atoms with Gasteiger partial charge in [0.15, 0.2) is 0 Å². The van der Waals surface area contributed by atoms with E-state index in [4.69, 9.17) is 4.74 Å². The summed E-state index contributed by atoms with van der Waals surface area (Å²) in [4.78, 5) is 4.24. The van der Waals surface area contributed by atoms with Gasteiger partial charge in [0.2, 0.25) is 0 Å². The molecule has 0 saturated carbocycles. The van der Waals surface area contributed by atoms with Crippen LogP contribution in [0.2, 0.25) is 0 Å². The molecule has 1 aromatic heterocycles. The van der Waals surface area contributed by atoms with Gasteiger partial charge in [0.25, 0.3) is 10.0 Å². The quantitative estimate of drug-likeness (QED) is 0.779. The largest absolute Gasteiger partial charge is 0.492 e. The Hall–Kier alpha value is -2.60. The van der Waals surface area contributed by atoms with Gasteiger partial charge in [0.05, 0.1) is 17.2 Å². The van der Waals surface area contributed by atoms with Crippen LogP contribution in [0.15, 0.2) is 65.8 Å². The van der Waals surface area contributed by atoms with Crippen molar-refractivity contribution in [2.45, 2.75) is 11.8 Å². The molecule has 0 fully saturated rings. The molecule has 1 N–H and O–H groups in total. The van der Waals surface area contributed by atoms with Crippen LogP contribution in [0.5, 0.6) is 5.75 Å². The van der Waals surface area contributed by atoms with Crippen LogP contribution in [0.3, 0.4) is 0 Å². The first kappa shape index (κ1) is 15.3. The SMILES string of the molecule is CCOc1ccccc1NS(=O)(=O)c1cccc2cnccc12. The van der Waals surface area contributed by atoms with E-state index in [9.17, 15) is 8.42 Å². The summed E-state index contributed by atoms with van der Waals surface area (Å²) in [5.41, 5.74) is 0.417. The Kier molecular flexibility index (Phi) is 4.16. The summed E-state index contributed by atoms with van der Waals surface area (Å²) in [7, 11) is -3.74. The minimum Gasteiger partial charge on any atom is -0.492 e. The third-order valence-electron chi connectivity index (χ3n) is 3.36. The number of hydrogen-bond acceptors (Lipinski definition) is 4. The van der Waals surface area contributed by atoms with Gasteiger partial charge < -0.3 is 4.74 Å². The number of sulfonamides is 1. The van der Waals surface area contributed by atoms with Crippen molar-refractivity contribution in [2.24, 2.45) is 0 Å². The van der Waals surface area contributed by atoms with Crippen LogP contribution in [0, 0.1) is 0 Å². The number of nitrogens with one attached hydrogen (secondary N) is 1. The second-order valence-corrected chi connectivity index (χ2v) is 6.54. The first-order valence-corrected chi connectivity index (χ1v) is 8.67. The number of anilines is 1. The number of hydrogen-bond donors (Lipinski definition) is 1. The topological polar surface area (TPSA) is 68.3 Å². The zero-order valence-electron chi connectivity index (χ0n) is 12.6. The average molecular weight is 328 g/mol. The highest BCUT2D eigenvalue weighted by atomic mass is 32.2. The van der Waals surface area contributed by atoms with Gasteiger partial charge in [-0.2, -0.15) is 0 Å². The van der Waals surface area contributed by atoms with Crippen molar-refractivity contribution in [3.8, 4) is 5.75 Å². The van der Waals surface area contributed by atoms with Crippen LogP contribution in [0.25, 0.3) is 10.8 Å². The van der Waals surface area contributed by atoms with Gasteiger partial charge in [-0.25, -0.2) is 8.42 Å². The summed E-state index contributed by atoms with van der Waals surface area (Å²) in [6.45, 7) is 2.31. The van der Waals surface area contributed by atoms with E-state index in [1.54, 1.807) is 54.9 Å². The Bertz CT molecular complexity index is 934. The van der Waals surface area contributed by atoms with Crippen LogP contribution in [0.1, 0.15) is 6.92 Å². The molecule has 0 saturated heterocycles. The van der Waals surface area contributed by atoms with Crippen molar-refractivity contribution >= 4 is 26.5 Å². The Morgan fingerprint density at radius 1 is 1.09 bits per heavy atom. The van der Waals surface area contributed by atoms with E-state index in [1.807, 2.05) is 13.0 Å². The number of fused-ring (bicyclic) bond motifs is 1. The third-order valence-corrected chi connectivity index (χ3v) is 4.79. The Morgan fingerprint density at radius 2 is 1.91 bits per heavy atom. The second kappa shape index (κ2) is 6.26. The van der Waals surface area contributed by atoms with Crippen molar-refractivity contribution in [2.75, 3.05) is 11.3 Å². The Balaban J connectivity index is 2.05. The van der Waals surface area contributed by atoms with Gasteiger partial charge in [-0.15, -0.1) is 0 Å². The highest BCUT2D eigenvalue weighted by Gasteiger charge is 2.19. The summed E-state index contributed by atoms with van der Waals surface area (Å²) >= 11 is 0. The zero-order chi connectivity index (χ0) is 16.3. The van der Waals surface area contributed by atoms with Crippen molar-refractivity contribution in [1.82, 2.24) is 4.98 Å². The highest BCUT2D eigenvalue weighted by Crippen LogP contribution is 2.29. The lowest BCUT2D eigenvalue weighted by atomic mass is 10.2. The van der Waals surface area contributed by atoms with Gasteiger partial charge >= 0.3 is 0 Å². The van der Waals surface area contributed by atoms with Crippen LogP contribution in [0.4, 0.5) is 5.69 Å². The van der Waals surface area contributed by atoms with Crippen LogP contribution < -0.4 is 9.46 Å². The number of para-hydroxylation sites is 2. The maximum atomic E-state index is 12.8. The second-order valence-electron chi connectivity index (χ2n) is 4.89. The minimum absolute atomic E-state index is 0.212. The minimum atomic E-state index is -3.74. The highest BCUT2D eigenvalue weighted by molar-refractivity contribution is 7.93. The van der Waals surface area contributed by atoms with Gasteiger partial charge in [-0.05, 0) is 31.2 Å². The van der Waals surface area contributed by atoms with E-state index in [1.165, 1.54) is 0 Å². The first-order chi connectivity index (χ1) is 11.1. The lowest BCUT2D eigenvalue weighted by molar-refractivity contribution is 0.342. The average Bonchev–Trinajstić information content (AvgIpc) is 2.56. The van der Waals surface area contributed by atoms with Gasteiger partial charge in [-0.3, -0.25) is 9.71 Å². The molecule has 118 valence electrons. The normalized spacial score (nSPS) is 11.3. The predicted molar refractivity (Wildman–Crippen MR) is 90.2 cm³/mol. The van der Waals surface area contributed by atoms with E-state index >= 15 is 0 Å². The Morgan fingerprint density at radius 3 is 2.74 bits per heavy atom. The number of rotatable bonds is 5. The summed E-state index contributed by atoms with van der Waals surface area (Å²) < 4.78 is 33.6. The summed E-state index contributed by atoms with van der Waals surface area (Å²) in [5, 5.41) is 1.40. The number of ether oxygens (including phenoxy) is 1. The molecular formula is C17H16N2O3S. The van der Waals surface area contributed by atoms with Crippen LogP contribution in [-0.4, -0.2) is 20.0 Å². The monoisotopic (exact) mass is 328 g/mol. The molecule has 0 atom stereocenters. The van der Waals surface area contributed by atoms with Crippen molar-refractivity contribution in [3.05, 3.63) is 60.9 Å². The fourth-order valence-corrected chi connectivity index (χ4v) is 3.66. The molecule has 23 heavy (non-hydrogen) atoms. The molecule has 0 aliphatic rings. The smallest absolute Gasteiger partial charge is 0.262 e.